The average molecular weight is 508 g/mol. The van der Waals surface area contributed by atoms with E-state index in [1.54, 1.807) is 30.3 Å². The molecule has 36 heavy (non-hydrogen) atoms. The fourth-order valence-electron chi connectivity index (χ4n) is 5.49. The van der Waals surface area contributed by atoms with Gasteiger partial charge in [-0.25, -0.2) is 0 Å². The van der Waals surface area contributed by atoms with Crippen LogP contribution in [0.25, 0.3) is 0 Å². The first-order chi connectivity index (χ1) is 17.2. The van der Waals surface area contributed by atoms with Gasteiger partial charge in [0.1, 0.15) is 4.90 Å². The summed E-state index contributed by atoms with van der Waals surface area (Å²) in [6, 6.07) is 11.4. The Kier molecular flexibility index (Phi) is 6.24. The zero-order valence-corrected chi connectivity index (χ0v) is 21.5. The molecule has 0 atom stereocenters. The van der Waals surface area contributed by atoms with Crippen LogP contribution in [0.1, 0.15) is 55.6 Å². The molecule has 0 unspecified atom stereocenters. The fraction of sp³-hybridized carbons (Fsp3) is 0.357. The highest BCUT2D eigenvalue weighted by Crippen LogP contribution is 2.49. The van der Waals surface area contributed by atoms with E-state index in [4.69, 9.17) is 8.92 Å². The van der Waals surface area contributed by atoms with Gasteiger partial charge < -0.3 is 13.8 Å². The van der Waals surface area contributed by atoms with Crippen molar-refractivity contribution < 1.29 is 26.9 Å². The van der Waals surface area contributed by atoms with E-state index >= 15 is 0 Å². The number of Topliss-reactive ketones (excluding diaryl/α,β-unsaturated/α-hetero) is 2. The lowest BCUT2D eigenvalue weighted by molar-refractivity contribution is -0.117. The summed E-state index contributed by atoms with van der Waals surface area (Å²) in [7, 11) is -0.690. The van der Waals surface area contributed by atoms with Gasteiger partial charge in [0.05, 0.1) is 7.11 Å². The number of carbonyl (C=O) groups is 2. The van der Waals surface area contributed by atoms with Gasteiger partial charge in [-0.15, -0.1) is 0 Å². The first-order valence-electron chi connectivity index (χ1n) is 12.2. The summed E-state index contributed by atoms with van der Waals surface area (Å²) in [6.07, 6.45) is 4.05. The number of nitrogens with zero attached hydrogens (tertiary/aromatic N) is 1. The third-order valence-electron chi connectivity index (χ3n) is 7.27. The summed E-state index contributed by atoms with van der Waals surface area (Å²) in [5.74, 6) is -0.122. The molecule has 0 aromatic heterocycles. The van der Waals surface area contributed by atoms with Gasteiger partial charge in [-0.05, 0) is 62.4 Å². The van der Waals surface area contributed by atoms with E-state index in [-0.39, 0.29) is 28.0 Å². The third-order valence-corrected chi connectivity index (χ3v) is 8.52. The monoisotopic (exact) mass is 507 g/mol. The predicted octanol–water partition coefficient (Wildman–Crippen LogP) is 4.81. The Morgan fingerprint density at radius 2 is 1.42 bits per heavy atom. The van der Waals surface area contributed by atoms with Crippen molar-refractivity contribution in [1.29, 1.82) is 0 Å². The van der Waals surface area contributed by atoms with E-state index in [0.29, 0.717) is 29.6 Å². The molecule has 8 heteroatoms. The summed E-state index contributed by atoms with van der Waals surface area (Å²) in [5, 5.41) is 0. The molecule has 0 radical (unpaired) electrons. The number of ether oxygens (including phenoxy) is 1. The molecular formula is C28H29NO6S. The maximum atomic E-state index is 13.2. The molecule has 1 aliphatic heterocycles. The number of ketones is 2. The van der Waals surface area contributed by atoms with Crippen molar-refractivity contribution >= 4 is 21.7 Å². The minimum atomic E-state index is -4.08. The SMILES string of the molecule is COc1cc(C2C3=C(CCCC3=O)N(C)C3=C2C(=O)CCC3)ccc1OS(=O)(=O)c1ccc(C)cc1. The van der Waals surface area contributed by atoms with Crippen molar-refractivity contribution in [1.82, 2.24) is 4.90 Å². The Balaban J connectivity index is 1.58. The normalized spacial score (nSPS) is 18.8. The lowest BCUT2D eigenvalue weighted by atomic mass is 9.71. The molecule has 3 aliphatic rings. The average Bonchev–Trinajstić information content (AvgIpc) is 2.86. The molecule has 2 aliphatic carbocycles. The van der Waals surface area contributed by atoms with Crippen LogP contribution in [-0.4, -0.2) is 39.0 Å². The standard InChI is InChI=1S/C28H29NO6S/c1-17-10-13-19(14-11-17)36(32,33)35-24-15-12-18(16-25(24)34-3)26-27-20(6-4-8-22(27)30)29(2)21-7-5-9-23(31)28(21)26/h10-16,26H,4-9H2,1-3H3. The Morgan fingerprint density at radius 1 is 0.833 bits per heavy atom. The summed E-state index contributed by atoms with van der Waals surface area (Å²) in [4.78, 5) is 28.4. The molecule has 0 fully saturated rings. The second kappa shape index (κ2) is 9.24. The van der Waals surface area contributed by atoms with Crippen LogP contribution in [0.15, 0.2) is 69.9 Å². The topological polar surface area (TPSA) is 90.0 Å². The predicted molar refractivity (Wildman–Crippen MR) is 134 cm³/mol. The maximum absolute atomic E-state index is 13.2. The van der Waals surface area contributed by atoms with Crippen LogP contribution in [0, 0.1) is 6.92 Å². The number of carbonyl (C=O) groups excluding carboxylic acids is 2. The van der Waals surface area contributed by atoms with Gasteiger partial charge in [-0.1, -0.05) is 23.8 Å². The van der Waals surface area contributed by atoms with Gasteiger partial charge in [-0.2, -0.15) is 8.42 Å². The molecule has 0 bridgehead atoms. The Hall–Kier alpha value is -3.39. The molecule has 1 heterocycles. The van der Waals surface area contributed by atoms with Crippen LogP contribution in [0.5, 0.6) is 11.5 Å². The van der Waals surface area contributed by atoms with Gasteiger partial charge >= 0.3 is 10.1 Å². The molecule has 0 saturated heterocycles. The summed E-state index contributed by atoms with van der Waals surface area (Å²) < 4.78 is 36.7. The van der Waals surface area contributed by atoms with Crippen molar-refractivity contribution in [3.63, 3.8) is 0 Å². The van der Waals surface area contributed by atoms with E-state index in [0.717, 1.165) is 42.6 Å². The number of rotatable bonds is 5. The lowest BCUT2D eigenvalue weighted by Crippen LogP contribution is -2.37. The van der Waals surface area contributed by atoms with Crippen molar-refractivity contribution in [2.45, 2.75) is 56.3 Å². The number of benzene rings is 2. The number of hydrogen-bond donors (Lipinski definition) is 0. The number of allylic oxidation sites excluding steroid dienone is 4. The third kappa shape index (κ3) is 4.13. The van der Waals surface area contributed by atoms with Crippen LogP contribution in [-0.2, 0) is 19.7 Å². The highest BCUT2D eigenvalue weighted by Gasteiger charge is 2.42. The van der Waals surface area contributed by atoms with Crippen molar-refractivity contribution in [3.8, 4) is 11.5 Å². The molecule has 5 rings (SSSR count). The number of aryl methyl sites for hydroxylation is 1. The lowest BCUT2D eigenvalue weighted by Gasteiger charge is -2.42. The second-order valence-electron chi connectivity index (χ2n) is 9.53. The molecule has 2 aromatic carbocycles. The van der Waals surface area contributed by atoms with Crippen LogP contribution in [0.4, 0.5) is 0 Å². The maximum Gasteiger partial charge on any atom is 0.339 e. The van der Waals surface area contributed by atoms with Crippen molar-refractivity contribution in [2.75, 3.05) is 14.2 Å². The van der Waals surface area contributed by atoms with E-state index in [1.165, 1.54) is 19.2 Å². The Bertz CT molecular complexity index is 1370. The second-order valence-corrected chi connectivity index (χ2v) is 11.1. The number of methoxy groups -OCH3 is 1. The zero-order valence-electron chi connectivity index (χ0n) is 20.7. The van der Waals surface area contributed by atoms with Crippen molar-refractivity contribution in [3.05, 3.63) is 76.1 Å². The van der Waals surface area contributed by atoms with Gasteiger partial charge in [0, 0.05) is 48.3 Å². The van der Waals surface area contributed by atoms with E-state index in [9.17, 15) is 18.0 Å². The molecule has 0 N–H and O–H groups in total. The summed E-state index contributed by atoms with van der Waals surface area (Å²) in [5.41, 5.74) is 4.94. The van der Waals surface area contributed by atoms with E-state index in [1.807, 2.05) is 14.0 Å². The van der Waals surface area contributed by atoms with E-state index < -0.39 is 16.0 Å². The molecule has 0 amide bonds. The fourth-order valence-corrected chi connectivity index (χ4v) is 6.43. The number of hydrogen-bond acceptors (Lipinski definition) is 7. The van der Waals surface area contributed by atoms with Crippen LogP contribution >= 0.6 is 0 Å². The van der Waals surface area contributed by atoms with Crippen LogP contribution in [0.2, 0.25) is 0 Å². The molecular weight excluding hydrogens is 478 g/mol. The first-order valence-corrected chi connectivity index (χ1v) is 13.6. The van der Waals surface area contributed by atoms with E-state index in [2.05, 4.69) is 4.90 Å². The van der Waals surface area contributed by atoms with Gasteiger partial charge in [0.25, 0.3) is 0 Å². The quantitative estimate of drug-likeness (QED) is 0.536. The molecule has 0 spiro atoms. The van der Waals surface area contributed by atoms with Crippen molar-refractivity contribution in [2.24, 2.45) is 0 Å². The highest BCUT2D eigenvalue weighted by atomic mass is 32.2. The Labute approximate surface area is 211 Å². The molecule has 0 saturated carbocycles. The largest absolute Gasteiger partial charge is 0.493 e. The molecule has 7 nitrogen and oxygen atoms in total. The first kappa shape index (κ1) is 24.3. The minimum absolute atomic E-state index is 0.0414. The van der Waals surface area contributed by atoms with Gasteiger partial charge in [0.2, 0.25) is 0 Å². The smallest absolute Gasteiger partial charge is 0.339 e. The Morgan fingerprint density at radius 3 is 1.97 bits per heavy atom. The van der Waals surface area contributed by atoms with Gasteiger partial charge in [-0.3, -0.25) is 9.59 Å². The van der Waals surface area contributed by atoms with Crippen LogP contribution in [0.3, 0.4) is 0 Å². The summed E-state index contributed by atoms with van der Waals surface area (Å²) >= 11 is 0. The highest BCUT2D eigenvalue weighted by molar-refractivity contribution is 7.87. The van der Waals surface area contributed by atoms with Crippen LogP contribution < -0.4 is 8.92 Å². The zero-order chi connectivity index (χ0) is 25.6. The minimum Gasteiger partial charge on any atom is -0.493 e. The molecule has 2 aromatic rings. The summed E-state index contributed by atoms with van der Waals surface area (Å²) in [6.45, 7) is 1.87. The van der Waals surface area contributed by atoms with Gasteiger partial charge in [0.15, 0.2) is 23.1 Å². The molecule has 188 valence electrons.